The zero-order chi connectivity index (χ0) is 17.6. The highest BCUT2D eigenvalue weighted by molar-refractivity contribution is 6.02. The van der Waals surface area contributed by atoms with Gasteiger partial charge in [0.2, 0.25) is 0 Å². The van der Waals surface area contributed by atoms with Gasteiger partial charge in [-0.2, -0.15) is 10.2 Å². The normalized spacial score (nSPS) is 11.2. The third-order valence-corrected chi connectivity index (χ3v) is 3.71. The summed E-state index contributed by atoms with van der Waals surface area (Å²) in [5.41, 5.74) is 5.99. The van der Waals surface area contributed by atoms with Gasteiger partial charge in [-0.05, 0) is 25.1 Å². The Kier molecular flexibility index (Phi) is 4.89. The first-order valence-electron chi connectivity index (χ1n) is 7.78. The minimum atomic E-state index is -0.357. The fraction of sp³-hybridized carbons (Fsp3) is 0.105. The lowest BCUT2D eigenvalue weighted by molar-refractivity contribution is 0.0950. The predicted octanol–water partition coefficient (Wildman–Crippen LogP) is 3.24. The van der Waals surface area contributed by atoms with Crippen LogP contribution < -0.4 is 10.2 Å². The molecule has 25 heavy (non-hydrogen) atoms. The number of hydrogen-bond acceptors (Lipinski definition) is 4. The molecule has 0 aliphatic carbocycles. The van der Waals surface area contributed by atoms with Crippen molar-refractivity contribution in [3.63, 3.8) is 0 Å². The second kappa shape index (κ2) is 7.44. The van der Waals surface area contributed by atoms with Crippen LogP contribution in [0.1, 0.15) is 23.0 Å². The van der Waals surface area contributed by atoms with Gasteiger partial charge in [0.1, 0.15) is 11.4 Å². The summed E-state index contributed by atoms with van der Waals surface area (Å²) in [5, 5.41) is 11.1. The summed E-state index contributed by atoms with van der Waals surface area (Å²) < 4.78 is 5.30. The van der Waals surface area contributed by atoms with E-state index in [1.54, 1.807) is 20.1 Å². The zero-order valence-electron chi connectivity index (χ0n) is 14.0. The molecule has 6 nitrogen and oxygen atoms in total. The molecule has 6 heteroatoms. The Bertz CT molecular complexity index is 901. The average Bonchev–Trinajstić information content (AvgIpc) is 3.17. The molecule has 1 heterocycles. The summed E-state index contributed by atoms with van der Waals surface area (Å²) in [5.74, 6) is 0.342. The molecule has 0 bridgehead atoms. The monoisotopic (exact) mass is 334 g/mol. The lowest BCUT2D eigenvalue weighted by atomic mass is 10.1. The molecule has 0 aliphatic rings. The van der Waals surface area contributed by atoms with Gasteiger partial charge in [-0.15, -0.1) is 0 Å². The molecule has 0 aliphatic heterocycles. The van der Waals surface area contributed by atoms with E-state index in [-0.39, 0.29) is 5.91 Å². The van der Waals surface area contributed by atoms with E-state index in [0.29, 0.717) is 22.8 Å². The highest BCUT2D eigenvalue weighted by atomic mass is 16.5. The van der Waals surface area contributed by atoms with E-state index in [0.717, 1.165) is 11.1 Å². The number of methoxy groups -OCH3 is 1. The number of para-hydroxylation sites is 1. The summed E-state index contributed by atoms with van der Waals surface area (Å²) in [6, 6.07) is 18.8. The molecule has 1 aromatic heterocycles. The Morgan fingerprint density at radius 3 is 2.60 bits per heavy atom. The Labute approximate surface area is 145 Å². The molecule has 126 valence electrons. The Hall–Kier alpha value is -3.41. The number of carbonyl (C=O) groups is 1. The first kappa shape index (κ1) is 16.4. The number of carbonyl (C=O) groups excluding carboxylic acids is 1. The van der Waals surface area contributed by atoms with E-state index in [9.17, 15) is 4.79 Å². The van der Waals surface area contributed by atoms with Crippen molar-refractivity contribution in [2.24, 2.45) is 5.10 Å². The number of nitrogens with one attached hydrogen (secondary N) is 2. The number of benzene rings is 2. The second-order valence-corrected chi connectivity index (χ2v) is 5.37. The first-order valence-corrected chi connectivity index (χ1v) is 7.78. The molecule has 3 rings (SSSR count). The summed E-state index contributed by atoms with van der Waals surface area (Å²) in [7, 11) is 1.60. The molecule has 2 N–H and O–H groups in total. The average molecular weight is 334 g/mol. The molecule has 0 unspecified atom stereocenters. The Morgan fingerprint density at radius 2 is 1.84 bits per heavy atom. The molecule has 3 aromatic rings. The van der Waals surface area contributed by atoms with Crippen LogP contribution in [-0.4, -0.2) is 28.9 Å². The van der Waals surface area contributed by atoms with Crippen molar-refractivity contribution < 1.29 is 9.53 Å². The highest BCUT2D eigenvalue weighted by Crippen LogP contribution is 2.18. The van der Waals surface area contributed by atoms with E-state index in [4.69, 9.17) is 4.74 Å². The fourth-order valence-corrected chi connectivity index (χ4v) is 2.39. The molecule has 0 radical (unpaired) electrons. The molecular weight excluding hydrogens is 316 g/mol. The maximum Gasteiger partial charge on any atom is 0.289 e. The number of H-pyrrole nitrogens is 1. The summed E-state index contributed by atoms with van der Waals surface area (Å²) in [4.78, 5) is 12.3. The molecular formula is C19H18N4O2. The SMILES string of the molecule is COc1ccccc1/C(C)=N\NC(=O)c1cc(-c2ccccc2)n[nH]1. The molecule has 0 fully saturated rings. The molecule has 2 aromatic carbocycles. The van der Waals surface area contributed by atoms with Gasteiger partial charge in [0.25, 0.3) is 5.91 Å². The van der Waals surface area contributed by atoms with Crippen LogP contribution in [0, 0.1) is 0 Å². The van der Waals surface area contributed by atoms with Crippen molar-refractivity contribution in [3.8, 4) is 17.0 Å². The molecule has 1 amide bonds. The maximum absolute atomic E-state index is 12.3. The summed E-state index contributed by atoms with van der Waals surface area (Å²) in [6.45, 7) is 1.81. The fourth-order valence-electron chi connectivity index (χ4n) is 2.39. The third kappa shape index (κ3) is 3.74. The largest absolute Gasteiger partial charge is 0.496 e. The van der Waals surface area contributed by atoms with E-state index >= 15 is 0 Å². The van der Waals surface area contributed by atoms with Gasteiger partial charge in [0.15, 0.2) is 0 Å². The van der Waals surface area contributed by atoms with Gasteiger partial charge >= 0.3 is 0 Å². The van der Waals surface area contributed by atoms with Crippen LogP contribution in [-0.2, 0) is 0 Å². The van der Waals surface area contributed by atoms with Gasteiger partial charge < -0.3 is 4.74 Å². The van der Waals surface area contributed by atoms with Crippen LogP contribution in [0.15, 0.2) is 65.8 Å². The quantitative estimate of drug-likeness (QED) is 0.555. The van der Waals surface area contributed by atoms with Gasteiger partial charge in [-0.1, -0.05) is 42.5 Å². The third-order valence-electron chi connectivity index (χ3n) is 3.71. The zero-order valence-corrected chi connectivity index (χ0v) is 14.0. The number of aromatic nitrogens is 2. The van der Waals surface area contributed by atoms with Gasteiger partial charge in [-0.3, -0.25) is 9.89 Å². The van der Waals surface area contributed by atoms with Crippen molar-refractivity contribution >= 4 is 11.6 Å². The standard InChI is InChI=1S/C19H18N4O2/c1-13(15-10-6-7-11-18(15)25-2)20-23-19(24)17-12-16(21-22-17)14-8-4-3-5-9-14/h3-12H,1-2H3,(H,21,22)(H,23,24)/b20-13-. The molecule has 0 spiro atoms. The van der Waals surface area contributed by atoms with Crippen molar-refractivity contribution in [2.75, 3.05) is 7.11 Å². The molecule has 0 atom stereocenters. The predicted molar refractivity (Wildman–Crippen MR) is 96.7 cm³/mol. The van der Waals surface area contributed by atoms with Gasteiger partial charge in [0, 0.05) is 11.1 Å². The van der Waals surface area contributed by atoms with E-state index in [1.807, 2.05) is 54.6 Å². The lowest BCUT2D eigenvalue weighted by Crippen LogP contribution is -2.19. The highest BCUT2D eigenvalue weighted by Gasteiger charge is 2.11. The topological polar surface area (TPSA) is 79.4 Å². The van der Waals surface area contributed by atoms with Crippen LogP contribution in [0.5, 0.6) is 5.75 Å². The minimum absolute atomic E-state index is 0.343. The van der Waals surface area contributed by atoms with Crippen molar-refractivity contribution in [1.29, 1.82) is 0 Å². The van der Waals surface area contributed by atoms with Crippen LogP contribution in [0.25, 0.3) is 11.3 Å². The van der Waals surface area contributed by atoms with Crippen molar-refractivity contribution in [1.82, 2.24) is 15.6 Å². The number of hydrazone groups is 1. The van der Waals surface area contributed by atoms with Crippen molar-refractivity contribution in [3.05, 3.63) is 71.9 Å². The summed E-state index contributed by atoms with van der Waals surface area (Å²) in [6.07, 6.45) is 0. The Balaban J connectivity index is 1.73. The van der Waals surface area contributed by atoms with Gasteiger partial charge in [0.05, 0.1) is 18.5 Å². The number of rotatable bonds is 5. The van der Waals surface area contributed by atoms with Crippen LogP contribution >= 0.6 is 0 Å². The number of nitrogens with zero attached hydrogens (tertiary/aromatic N) is 2. The number of ether oxygens (including phenoxy) is 1. The van der Waals surface area contributed by atoms with E-state index < -0.39 is 0 Å². The number of amides is 1. The lowest BCUT2D eigenvalue weighted by Gasteiger charge is -2.07. The summed E-state index contributed by atoms with van der Waals surface area (Å²) >= 11 is 0. The first-order chi connectivity index (χ1) is 12.2. The van der Waals surface area contributed by atoms with Crippen molar-refractivity contribution in [2.45, 2.75) is 6.92 Å². The van der Waals surface area contributed by atoms with E-state index in [1.165, 1.54) is 0 Å². The number of aromatic amines is 1. The van der Waals surface area contributed by atoms with Gasteiger partial charge in [-0.25, -0.2) is 5.43 Å². The van der Waals surface area contributed by atoms with Crippen LogP contribution in [0.3, 0.4) is 0 Å². The smallest absolute Gasteiger partial charge is 0.289 e. The van der Waals surface area contributed by atoms with Crippen LogP contribution in [0.4, 0.5) is 0 Å². The molecule has 0 saturated carbocycles. The maximum atomic E-state index is 12.3. The van der Waals surface area contributed by atoms with E-state index in [2.05, 4.69) is 20.7 Å². The number of hydrogen-bond donors (Lipinski definition) is 2. The minimum Gasteiger partial charge on any atom is -0.496 e. The van der Waals surface area contributed by atoms with Crippen LogP contribution in [0.2, 0.25) is 0 Å². The Morgan fingerprint density at radius 1 is 1.12 bits per heavy atom. The second-order valence-electron chi connectivity index (χ2n) is 5.37. The molecule has 0 saturated heterocycles.